The Balaban J connectivity index is 2.35. The van der Waals surface area contributed by atoms with E-state index in [0.29, 0.717) is 16.6 Å². The molecule has 1 atom stereocenters. The van der Waals surface area contributed by atoms with Crippen LogP contribution in [0.25, 0.3) is 0 Å². The first kappa shape index (κ1) is 20.4. The van der Waals surface area contributed by atoms with Gasteiger partial charge in [-0.3, -0.25) is 4.79 Å². The molecule has 1 unspecified atom stereocenters. The van der Waals surface area contributed by atoms with Crippen molar-refractivity contribution in [2.24, 2.45) is 0 Å². The number of amides is 1. The zero-order chi connectivity index (χ0) is 17.7. The maximum absolute atomic E-state index is 13.2. The van der Waals surface area contributed by atoms with Gasteiger partial charge in [0.05, 0.1) is 32.0 Å². The maximum Gasteiger partial charge on any atom is 0.375 e. The van der Waals surface area contributed by atoms with Crippen molar-refractivity contribution < 1.29 is 18.1 Å². The highest BCUT2D eigenvalue weighted by molar-refractivity contribution is 8.53. The number of thiol groups is 1. The molecule has 0 saturated heterocycles. The Morgan fingerprint density at radius 3 is 2.21 bits per heavy atom. The van der Waals surface area contributed by atoms with Crippen LogP contribution in [0, 0.1) is 0 Å². The van der Waals surface area contributed by atoms with Crippen LogP contribution in [0.4, 0.5) is 0 Å². The minimum Gasteiger partial charge on any atom is -0.268 e. The molecule has 1 aliphatic carbocycles. The molecule has 5 nitrogen and oxygen atoms in total. The number of hydrogen-bond acceptors (Lipinski definition) is 5. The van der Waals surface area contributed by atoms with Crippen molar-refractivity contribution in [2.75, 3.05) is 14.2 Å². The van der Waals surface area contributed by atoms with Crippen molar-refractivity contribution in [1.29, 1.82) is 0 Å². The van der Waals surface area contributed by atoms with Crippen molar-refractivity contribution >= 4 is 36.1 Å². The first-order chi connectivity index (χ1) is 11.5. The van der Waals surface area contributed by atoms with Crippen LogP contribution in [-0.4, -0.2) is 34.7 Å². The van der Waals surface area contributed by atoms with E-state index >= 15 is 0 Å². The summed E-state index contributed by atoms with van der Waals surface area (Å²) in [5.41, 5.74) is 0.588. The van der Waals surface area contributed by atoms with Crippen LogP contribution in [0.2, 0.25) is 0 Å². The van der Waals surface area contributed by atoms with Crippen molar-refractivity contribution in [3.05, 3.63) is 10.2 Å². The van der Waals surface area contributed by atoms with E-state index in [4.69, 9.17) is 9.05 Å². The summed E-state index contributed by atoms with van der Waals surface area (Å²) in [6.07, 6.45) is 9.02. The van der Waals surface area contributed by atoms with Gasteiger partial charge in [-0.15, -0.1) is 0 Å². The average molecular weight is 395 g/mol. The molecule has 0 bridgehead atoms. The van der Waals surface area contributed by atoms with Crippen molar-refractivity contribution in [3.63, 3.8) is 0 Å². The molecule has 0 spiro atoms. The van der Waals surface area contributed by atoms with Crippen LogP contribution in [-0.2, 0) is 24.8 Å². The molecule has 138 valence electrons. The van der Waals surface area contributed by atoms with E-state index in [0.717, 1.165) is 32.1 Å². The lowest BCUT2D eigenvalue weighted by molar-refractivity contribution is -0.123. The quantitative estimate of drug-likeness (QED) is 0.528. The van der Waals surface area contributed by atoms with Crippen LogP contribution in [0.5, 0.6) is 0 Å². The lowest BCUT2D eigenvalue weighted by atomic mass is 9.96. The van der Waals surface area contributed by atoms with Crippen LogP contribution < -0.4 is 0 Å². The van der Waals surface area contributed by atoms with Crippen LogP contribution in [0.1, 0.15) is 64.7 Å². The summed E-state index contributed by atoms with van der Waals surface area (Å²) in [5.74, 6) is -0.108. The minimum absolute atomic E-state index is 0.0403. The Kier molecular flexibility index (Phi) is 7.75. The summed E-state index contributed by atoms with van der Waals surface area (Å²) < 4.78 is 26.2. The molecule has 1 fully saturated rings. The van der Waals surface area contributed by atoms with E-state index in [1.54, 1.807) is 4.31 Å². The summed E-state index contributed by atoms with van der Waals surface area (Å²) in [5, 5.41) is 0. The van der Waals surface area contributed by atoms with Gasteiger partial charge in [0.1, 0.15) is 0 Å². The summed E-state index contributed by atoms with van der Waals surface area (Å²) in [7, 11) is 1.45. The molecule has 24 heavy (non-hydrogen) atoms. The Labute approximate surface area is 153 Å². The highest BCUT2D eigenvalue weighted by Crippen LogP contribution is 2.74. The summed E-state index contributed by atoms with van der Waals surface area (Å²) in [6.45, 7) is -0.743. The molecular weight excluding hydrogens is 365 g/mol. The molecule has 0 N–H and O–H groups in total. The molecule has 1 aliphatic heterocycles. The van der Waals surface area contributed by atoms with Gasteiger partial charge in [0.15, 0.2) is 11.0 Å². The Hall–Kier alpha value is 0.0600. The second-order valence-corrected chi connectivity index (χ2v) is 11.7. The predicted molar refractivity (Wildman–Crippen MR) is 103 cm³/mol. The summed E-state index contributed by atoms with van der Waals surface area (Å²) in [6, 6.07) is 0.0403. The van der Waals surface area contributed by atoms with E-state index in [9.17, 15) is 9.00 Å². The van der Waals surface area contributed by atoms with Crippen LogP contribution in [0.15, 0.2) is 10.2 Å². The molecule has 0 aromatic carbocycles. The molecule has 8 heteroatoms. The normalized spacial score (nSPS) is 24.4. The Morgan fingerprint density at radius 2 is 1.71 bits per heavy atom. The van der Waals surface area contributed by atoms with Gasteiger partial charge in [0.25, 0.3) is 10.6 Å². The number of hydrogen-bond donors (Lipinski definition) is 1. The topological polar surface area (TPSA) is 55.8 Å². The first-order valence-electron chi connectivity index (χ1n) is 8.72. The molecule has 0 aromatic heterocycles. The van der Waals surface area contributed by atoms with Gasteiger partial charge >= 0.3 is 6.92 Å². The zero-order valence-corrected chi connectivity index (χ0v) is 17.4. The third-order valence-corrected chi connectivity index (χ3v) is 11.1. The third kappa shape index (κ3) is 4.07. The second kappa shape index (κ2) is 9.13. The van der Waals surface area contributed by atoms with Gasteiger partial charge in [-0.1, -0.05) is 45.4 Å². The van der Waals surface area contributed by atoms with Crippen molar-refractivity contribution in [2.45, 2.75) is 70.8 Å². The lowest BCUT2D eigenvalue weighted by Gasteiger charge is -2.28. The summed E-state index contributed by atoms with van der Waals surface area (Å²) in [4.78, 5) is 13.0. The van der Waals surface area contributed by atoms with E-state index in [-0.39, 0.29) is 11.9 Å². The fraction of sp³-hybridized carbons (Fsp3) is 0.812. The summed E-state index contributed by atoms with van der Waals surface area (Å²) >= 11 is 4.55. The number of nitrogens with zero attached hydrogens (tertiary/aromatic N) is 1. The highest BCUT2D eigenvalue weighted by atomic mass is 32.7. The number of rotatable bonds is 6. The molecule has 1 amide bonds. The van der Waals surface area contributed by atoms with Gasteiger partial charge in [0, 0.05) is 6.04 Å². The second-order valence-electron chi connectivity index (χ2n) is 6.30. The zero-order valence-electron chi connectivity index (χ0n) is 14.8. The molecule has 1 heterocycles. The third-order valence-electron chi connectivity index (χ3n) is 4.72. The smallest absolute Gasteiger partial charge is 0.268 e. The van der Waals surface area contributed by atoms with Gasteiger partial charge < -0.3 is 0 Å². The molecule has 0 radical (unpaired) electrons. The maximum atomic E-state index is 13.2. The molecule has 0 aromatic rings. The first-order valence-corrected chi connectivity index (χ1v) is 12.6. The SMILES string of the molecule is CCCC1=C([P+](S)(OC)OC)S(=O)N(C2CCCCCCC2)C1=O. The molecule has 2 aliphatic rings. The highest BCUT2D eigenvalue weighted by Gasteiger charge is 2.56. The largest absolute Gasteiger partial charge is 0.375 e. The van der Waals surface area contributed by atoms with Gasteiger partial charge in [-0.05, 0) is 19.3 Å². The lowest BCUT2D eigenvalue weighted by Crippen LogP contribution is -2.38. The van der Waals surface area contributed by atoms with Crippen LogP contribution >= 0.6 is 19.2 Å². The number of carbonyl (C=O) groups excluding carboxylic acids is 1. The Morgan fingerprint density at radius 1 is 1.17 bits per heavy atom. The molecular formula is C16H29NO4PS2+. The fourth-order valence-corrected chi connectivity index (χ4v) is 8.29. The van der Waals surface area contributed by atoms with E-state index in [1.165, 1.54) is 33.5 Å². The standard InChI is InChI=1S/C16H29NO4PS2/c1-4-10-14-15(18)17(13-11-8-6-5-7-9-12-13)24(19)16(14)22(23,20-2)21-3/h13,23H,4-12H2,1-3H3/q+1. The Bertz CT molecular complexity index is 514. The monoisotopic (exact) mass is 394 g/mol. The van der Waals surface area contributed by atoms with E-state index < -0.39 is 17.9 Å². The minimum atomic E-state index is -2.75. The number of carbonyl (C=O) groups is 1. The van der Waals surface area contributed by atoms with Gasteiger partial charge in [0.2, 0.25) is 0 Å². The van der Waals surface area contributed by atoms with Crippen LogP contribution in [0.3, 0.4) is 0 Å². The fourth-order valence-electron chi connectivity index (χ4n) is 3.44. The van der Waals surface area contributed by atoms with Crippen molar-refractivity contribution in [1.82, 2.24) is 4.31 Å². The van der Waals surface area contributed by atoms with Gasteiger partial charge in [-0.25, -0.2) is 8.51 Å². The van der Waals surface area contributed by atoms with E-state index in [1.807, 2.05) is 6.92 Å². The molecule has 1 saturated carbocycles. The average Bonchev–Trinajstić information content (AvgIpc) is 2.79. The van der Waals surface area contributed by atoms with Crippen molar-refractivity contribution in [3.8, 4) is 0 Å². The molecule has 2 rings (SSSR count). The van der Waals surface area contributed by atoms with Gasteiger partial charge in [-0.2, -0.15) is 9.05 Å². The predicted octanol–water partition coefficient (Wildman–Crippen LogP) is 4.60. The van der Waals surface area contributed by atoms with E-state index in [2.05, 4.69) is 12.2 Å².